The molecule has 1 atom stereocenters. The number of esters is 1. The van der Waals surface area contributed by atoms with Crippen LogP contribution in [0.15, 0.2) is 34.9 Å². The number of ketones is 1. The second kappa shape index (κ2) is 7.99. The Bertz CT molecular complexity index is 697. The van der Waals surface area contributed by atoms with E-state index in [4.69, 9.17) is 0 Å². The first kappa shape index (κ1) is 21.8. The van der Waals surface area contributed by atoms with Gasteiger partial charge in [-0.25, -0.2) is 4.79 Å². The van der Waals surface area contributed by atoms with Gasteiger partial charge in [0.15, 0.2) is 5.78 Å². The number of methoxy groups -OCH3 is 1. The maximum atomic E-state index is 12.6. The van der Waals surface area contributed by atoms with Crippen molar-refractivity contribution >= 4 is 17.7 Å². The van der Waals surface area contributed by atoms with Gasteiger partial charge in [0.25, 0.3) is 0 Å². The number of allylic oxidation sites excluding steroid dienone is 2. The molecule has 0 aliphatic heterocycles. The average molecular weight is 363 g/mol. The second-order valence-electron chi connectivity index (χ2n) is 7.56. The molecule has 1 aliphatic carbocycles. The van der Waals surface area contributed by atoms with Crippen LogP contribution in [-0.4, -0.2) is 54.5 Å². The molecule has 0 bridgehead atoms. The molecule has 1 N–H and O–H groups in total. The van der Waals surface area contributed by atoms with Gasteiger partial charge in [-0.05, 0) is 31.1 Å². The van der Waals surface area contributed by atoms with Crippen LogP contribution in [0.3, 0.4) is 0 Å². The molecule has 144 valence electrons. The van der Waals surface area contributed by atoms with E-state index in [1.165, 1.54) is 18.1 Å². The maximum Gasteiger partial charge on any atom is 0.330 e. The van der Waals surface area contributed by atoms with Crippen LogP contribution in [-0.2, 0) is 19.1 Å². The number of hydrogen-bond acceptors (Lipinski definition) is 5. The molecule has 1 aliphatic rings. The van der Waals surface area contributed by atoms with Crippen molar-refractivity contribution in [2.24, 2.45) is 5.41 Å². The Hall–Kier alpha value is -2.21. The lowest BCUT2D eigenvalue weighted by Gasteiger charge is -2.45. The summed E-state index contributed by atoms with van der Waals surface area (Å²) in [5.74, 6) is -0.801. The highest BCUT2D eigenvalue weighted by Gasteiger charge is 2.49. The van der Waals surface area contributed by atoms with Crippen LogP contribution in [0.5, 0.6) is 0 Å². The zero-order chi connectivity index (χ0) is 20.3. The minimum atomic E-state index is -1.41. The smallest absolute Gasteiger partial charge is 0.330 e. The van der Waals surface area contributed by atoms with E-state index in [-0.39, 0.29) is 24.5 Å². The molecule has 6 heteroatoms. The number of rotatable bonds is 5. The number of carbonyl (C=O) groups excluding carboxylic acids is 3. The molecular weight excluding hydrogens is 334 g/mol. The van der Waals surface area contributed by atoms with Crippen molar-refractivity contribution in [1.29, 1.82) is 0 Å². The van der Waals surface area contributed by atoms with Crippen LogP contribution in [0, 0.1) is 5.41 Å². The maximum absolute atomic E-state index is 12.6. The van der Waals surface area contributed by atoms with Crippen LogP contribution in [0.2, 0.25) is 0 Å². The van der Waals surface area contributed by atoms with Gasteiger partial charge in [0.2, 0.25) is 5.91 Å². The molecule has 0 saturated heterocycles. The monoisotopic (exact) mass is 363 g/mol. The lowest BCUT2D eigenvalue weighted by Crippen LogP contribution is -2.49. The summed E-state index contributed by atoms with van der Waals surface area (Å²) >= 11 is 0. The normalized spacial score (nSPS) is 23.4. The highest BCUT2D eigenvalue weighted by molar-refractivity contribution is 6.02. The quantitative estimate of drug-likeness (QED) is 0.460. The van der Waals surface area contributed by atoms with Gasteiger partial charge in [-0.15, -0.1) is 0 Å². The molecule has 1 amide bonds. The Morgan fingerprint density at radius 3 is 2.38 bits per heavy atom. The lowest BCUT2D eigenvalue weighted by atomic mass is 9.62. The summed E-state index contributed by atoms with van der Waals surface area (Å²) in [4.78, 5) is 37.4. The average Bonchev–Trinajstić information content (AvgIpc) is 2.54. The number of Topliss-reactive ketones (excluding diaryl/α,β-unsaturated/α-hetero) is 1. The summed E-state index contributed by atoms with van der Waals surface area (Å²) in [6.45, 7) is 7.01. The third-order valence-electron chi connectivity index (χ3n) is 4.96. The number of nitrogens with zero attached hydrogens (tertiary/aromatic N) is 1. The van der Waals surface area contributed by atoms with Gasteiger partial charge in [0.1, 0.15) is 5.60 Å². The molecule has 1 rings (SSSR count). The number of aliphatic hydroxyl groups is 1. The van der Waals surface area contributed by atoms with Crippen molar-refractivity contribution < 1.29 is 24.2 Å². The molecule has 0 unspecified atom stereocenters. The van der Waals surface area contributed by atoms with Gasteiger partial charge >= 0.3 is 5.97 Å². The summed E-state index contributed by atoms with van der Waals surface area (Å²) in [6.07, 6.45) is 4.62. The Morgan fingerprint density at radius 1 is 1.31 bits per heavy atom. The van der Waals surface area contributed by atoms with Gasteiger partial charge in [-0.3, -0.25) is 9.59 Å². The third kappa shape index (κ3) is 4.49. The predicted molar refractivity (Wildman–Crippen MR) is 99.3 cm³/mol. The molecule has 0 aromatic carbocycles. The standard InChI is InChI=1S/C20H29NO5/c1-13(10-18(24)26-7)8-9-20(25)14(2)15(11-17(23)21(5)6)16(22)12-19(20,3)4/h8-10,25H,11-12H2,1-7H3/t20-/m1/s1. The molecule has 0 radical (unpaired) electrons. The first-order valence-electron chi connectivity index (χ1n) is 8.47. The molecule has 0 aromatic heterocycles. The van der Waals surface area contributed by atoms with E-state index in [1.54, 1.807) is 40.1 Å². The molecule has 0 fully saturated rings. The summed E-state index contributed by atoms with van der Waals surface area (Å²) in [7, 11) is 4.55. The zero-order valence-electron chi connectivity index (χ0n) is 16.7. The molecule has 0 saturated carbocycles. The van der Waals surface area contributed by atoms with Crippen molar-refractivity contribution in [3.05, 3.63) is 34.9 Å². The highest BCUT2D eigenvalue weighted by atomic mass is 16.5. The van der Waals surface area contributed by atoms with E-state index < -0.39 is 17.0 Å². The first-order valence-corrected chi connectivity index (χ1v) is 8.47. The van der Waals surface area contributed by atoms with E-state index in [0.717, 1.165) is 0 Å². The number of ether oxygens (including phenoxy) is 1. The number of amides is 1. The molecule has 0 spiro atoms. The van der Waals surface area contributed by atoms with Crippen LogP contribution in [0.1, 0.15) is 40.5 Å². The van der Waals surface area contributed by atoms with E-state index in [9.17, 15) is 19.5 Å². The van der Waals surface area contributed by atoms with Gasteiger partial charge < -0.3 is 14.7 Å². The molecule has 0 aromatic rings. The topological polar surface area (TPSA) is 83.9 Å². The van der Waals surface area contributed by atoms with Crippen molar-refractivity contribution in [2.75, 3.05) is 21.2 Å². The van der Waals surface area contributed by atoms with Gasteiger partial charge in [0.05, 0.1) is 13.5 Å². The fraction of sp³-hybridized carbons (Fsp3) is 0.550. The minimum Gasteiger partial charge on any atom is -0.466 e. The van der Waals surface area contributed by atoms with Crippen molar-refractivity contribution in [2.45, 2.75) is 46.1 Å². The van der Waals surface area contributed by atoms with E-state index in [2.05, 4.69) is 4.74 Å². The number of hydrogen-bond donors (Lipinski definition) is 1. The summed E-state index contributed by atoms with van der Waals surface area (Å²) in [6, 6.07) is 0. The fourth-order valence-corrected chi connectivity index (χ4v) is 3.03. The molecule has 6 nitrogen and oxygen atoms in total. The van der Waals surface area contributed by atoms with Crippen LogP contribution in [0.25, 0.3) is 0 Å². The molecular formula is C20H29NO5. The molecule has 26 heavy (non-hydrogen) atoms. The van der Waals surface area contributed by atoms with Crippen molar-refractivity contribution in [1.82, 2.24) is 4.90 Å². The van der Waals surface area contributed by atoms with Crippen LogP contribution < -0.4 is 0 Å². The van der Waals surface area contributed by atoms with Crippen LogP contribution in [0.4, 0.5) is 0 Å². The SMILES string of the molecule is COC(=O)C=C(C)C=C[C@@]1(O)C(C)=C(CC(=O)N(C)C)C(=O)CC1(C)C. The largest absolute Gasteiger partial charge is 0.466 e. The summed E-state index contributed by atoms with van der Waals surface area (Å²) < 4.78 is 4.59. The first-order chi connectivity index (χ1) is 11.9. The zero-order valence-corrected chi connectivity index (χ0v) is 16.7. The Morgan fingerprint density at radius 2 is 1.88 bits per heavy atom. The number of carbonyl (C=O) groups is 3. The third-order valence-corrected chi connectivity index (χ3v) is 4.96. The lowest BCUT2D eigenvalue weighted by molar-refractivity contribution is -0.135. The highest BCUT2D eigenvalue weighted by Crippen LogP contribution is 2.47. The Balaban J connectivity index is 3.36. The van der Waals surface area contributed by atoms with Crippen LogP contribution >= 0.6 is 0 Å². The van der Waals surface area contributed by atoms with Gasteiger partial charge in [-0.2, -0.15) is 0 Å². The fourth-order valence-electron chi connectivity index (χ4n) is 3.03. The van der Waals surface area contributed by atoms with Gasteiger partial charge in [-0.1, -0.05) is 19.9 Å². The van der Waals surface area contributed by atoms with Crippen molar-refractivity contribution in [3.8, 4) is 0 Å². The Kier molecular flexibility index (Phi) is 6.71. The van der Waals surface area contributed by atoms with E-state index >= 15 is 0 Å². The van der Waals surface area contributed by atoms with E-state index in [0.29, 0.717) is 16.7 Å². The van der Waals surface area contributed by atoms with Crippen molar-refractivity contribution in [3.63, 3.8) is 0 Å². The van der Waals surface area contributed by atoms with E-state index in [1.807, 2.05) is 13.8 Å². The predicted octanol–water partition coefficient (Wildman–Crippen LogP) is 2.19. The summed E-state index contributed by atoms with van der Waals surface area (Å²) in [5.41, 5.74) is -0.730. The Labute approximate surface area is 155 Å². The second-order valence-corrected chi connectivity index (χ2v) is 7.56. The summed E-state index contributed by atoms with van der Waals surface area (Å²) in [5, 5.41) is 11.4. The molecule has 0 heterocycles. The minimum absolute atomic E-state index is 0.0408. The van der Waals surface area contributed by atoms with Gasteiger partial charge in [0, 0.05) is 37.6 Å².